The lowest BCUT2D eigenvalue weighted by atomic mass is 9.94. The zero-order valence-electron chi connectivity index (χ0n) is 10.7. The van der Waals surface area contributed by atoms with Crippen LogP contribution in [-0.2, 0) is 10.2 Å². The first-order chi connectivity index (χ1) is 8.65. The molecule has 1 aromatic rings. The monoisotopic (exact) mass is 250 g/mol. The van der Waals surface area contributed by atoms with Gasteiger partial charge in [-0.1, -0.05) is 6.07 Å². The Morgan fingerprint density at radius 1 is 1.22 bits per heavy atom. The molecule has 1 aromatic carbocycles. The van der Waals surface area contributed by atoms with Gasteiger partial charge in [0.1, 0.15) is 16.9 Å². The van der Waals surface area contributed by atoms with Gasteiger partial charge >= 0.3 is 5.97 Å². The highest BCUT2D eigenvalue weighted by molar-refractivity contribution is 5.87. The summed E-state index contributed by atoms with van der Waals surface area (Å²) in [7, 11) is 0. The SMILES string of the molecule is CCOc1cccc(OCC)c1C1(C(=O)O)CC1. The molecule has 4 nitrogen and oxygen atoms in total. The number of carboxylic acid groups (broad SMARTS) is 1. The van der Waals surface area contributed by atoms with E-state index < -0.39 is 11.4 Å². The zero-order chi connectivity index (χ0) is 13.2. The van der Waals surface area contributed by atoms with Crippen molar-refractivity contribution in [2.24, 2.45) is 0 Å². The molecule has 0 radical (unpaired) electrons. The van der Waals surface area contributed by atoms with Gasteiger partial charge in [-0.2, -0.15) is 0 Å². The summed E-state index contributed by atoms with van der Waals surface area (Å²) >= 11 is 0. The first kappa shape index (κ1) is 12.7. The van der Waals surface area contributed by atoms with Gasteiger partial charge in [0, 0.05) is 0 Å². The summed E-state index contributed by atoms with van der Waals surface area (Å²) in [6.45, 7) is 4.80. The maximum absolute atomic E-state index is 11.5. The van der Waals surface area contributed by atoms with E-state index in [0.717, 1.165) is 0 Å². The molecule has 18 heavy (non-hydrogen) atoms. The van der Waals surface area contributed by atoms with Crippen molar-refractivity contribution in [3.8, 4) is 11.5 Å². The Morgan fingerprint density at radius 3 is 2.06 bits per heavy atom. The predicted octanol–water partition coefficient (Wildman–Crippen LogP) is 2.60. The minimum Gasteiger partial charge on any atom is -0.493 e. The van der Waals surface area contributed by atoms with E-state index in [9.17, 15) is 9.90 Å². The Bertz CT molecular complexity index is 425. The van der Waals surface area contributed by atoms with E-state index in [1.54, 1.807) is 0 Å². The molecule has 1 aliphatic rings. The second kappa shape index (κ2) is 4.88. The third-order valence-corrected chi connectivity index (χ3v) is 3.23. The van der Waals surface area contributed by atoms with E-state index in [0.29, 0.717) is 43.1 Å². The van der Waals surface area contributed by atoms with Crippen LogP contribution in [0.15, 0.2) is 18.2 Å². The van der Waals surface area contributed by atoms with Gasteiger partial charge in [-0.05, 0) is 38.8 Å². The lowest BCUT2D eigenvalue weighted by Crippen LogP contribution is -2.21. The molecule has 1 N–H and O–H groups in total. The molecular formula is C14H18O4. The number of aliphatic carboxylic acids is 1. The van der Waals surface area contributed by atoms with Crippen molar-refractivity contribution in [1.82, 2.24) is 0 Å². The van der Waals surface area contributed by atoms with Crippen LogP contribution in [0, 0.1) is 0 Å². The van der Waals surface area contributed by atoms with Crippen LogP contribution in [0.25, 0.3) is 0 Å². The van der Waals surface area contributed by atoms with Gasteiger partial charge in [0.15, 0.2) is 0 Å². The van der Waals surface area contributed by atoms with Crippen molar-refractivity contribution >= 4 is 5.97 Å². The molecule has 1 fully saturated rings. The van der Waals surface area contributed by atoms with E-state index in [1.807, 2.05) is 32.0 Å². The molecule has 0 unspecified atom stereocenters. The first-order valence-corrected chi connectivity index (χ1v) is 6.28. The van der Waals surface area contributed by atoms with E-state index in [-0.39, 0.29) is 0 Å². The van der Waals surface area contributed by atoms with Gasteiger partial charge < -0.3 is 14.6 Å². The van der Waals surface area contributed by atoms with Crippen LogP contribution in [0.5, 0.6) is 11.5 Å². The minimum absolute atomic E-state index is 0.512. The summed E-state index contributed by atoms with van der Waals surface area (Å²) in [5, 5.41) is 9.43. The minimum atomic E-state index is -0.809. The van der Waals surface area contributed by atoms with Gasteiger partial charge in [0.05, 0.1) is 18.8 Å². The summed E-state index contributed by atoms with van der Waals surface area (Å²) in [6.07, 6.45) is 1.29. The molecule has 1 aliphatic carbocycles. The van der Waals surface area contributed by atoms with Crippen molar-refractivity contribution < 1.29 is 19.4 Å². The number of rotatable bonds is 6. The van der Waals surface area contributed by atoms with Gasteiger partial charge in [-0.15, -0.1) is 0 Å². The molecular weight excluding hydrogens is 232 g/mol. The van der Waals surface area contributed by atoms with Gasteiger partial charge in [0.2, 0.25) is 0 Å². The quantitative estimate of drug-likeness (QED) is 0.843. The molecule has 0 heterocycles. The van der Waals surface area contributed by atoms with Crippen LogP contribution in [-0.4, -0.2) is 24.3 Å². The zero-order valence-corrected chi connectivity index (χ0v) is 10.7. The summed E-state index contributed by atoms with van der Waals surface area (Å²) in [5.41, 5.74) is -0.114. The average Bonchev–Trinajstić information content (AvgIpc) is 3.11. The standard InChI is InChI=1S/C14H18O4/c1-3-17-10-6-5-7-11(18-4-2)12(10)14(8-9-14)13(15)16/h5-7H,3-4,8-9H2,1-2H3,(H,15,16). The van der Waals surface area contributed by atoms with Crippen molar-refractivity contribution in [3.05, 3.63) is 23.8 Å². The van der Waals surface area contributed by atoms with Crippen LogP contribution in [0.3, 0.4) is 0 Å². The molecule has 1 saturated carbocycles. The Morgan fingerprint density at radius 2 is 1.72 bits per heavy atom. The Balaban J connectivity index is 2.50. The Labute approximate surface area is 107 Å². The topological polar surface area (TPSA) is 55.8 Å². The molecule has 0 bridgehead atoms. The fourth-order valence-electron chi connectivity index (χ4n) is 2.23. The van der Waals surface area contributed by atoms with Crippen molar-refractivity contribution in [2.45, 2.75) is 32.1 Å². The van der Waals surface area contributed by atoms with Crippen LogP contribution >= 0.6 is 0 Å². The van der Waals surface area contributed by atoms with E-state index in [2.05, 4.69) is 0 Å². The molecule has 0 saturated heterocycles. The number of benzene rings is 1. The molecule has 0 spiro atoms. The smallest absolute Gasteiger partial charge is 0.314 e. The van der Waals surface area contributed by atoms with Crippen molar-refractivity contribution in [2.75, 3.05) is 13.2 Å². The predicted molar refractivity (Wildman–Crippen MR) is 67.3 cm³/mol. The summed E-state index contributed by atoms with van der Waals surface area (Å²) in [4.78, 5) is 11.5. The lowest BCUT2D eigenvalue weighted by molar-refractivity contribution is -0.140. The highest BCUT2D eigenvalue weighted by atomic mass is 16.5. The number of ether oxygens (including phenoxy) is 2. The molecule has 0 aromatic heterocycles. The maximum Gasteiger partial charge on any atom is 0.314 e. The van der Waals surface area contributed by atoms with Crippen LogP contribution < -0.4 is 9.47 Å². The molecule has 2 rings (SSSR count). The third kappa shape index (κ3) is 2.03. The van der Waals surface area contributed by atoms with Crippen molar-refractivity contribution in [3.63, 3.8) is 0 Å². The number of carbonyl (C=O) groups is 1. The fourth-order valence-corrected chi connectivity index (χ4v) is 2.23. The first-order valence-electron chi connectivity index (χ1n) is 6.28. The largest absolute Gasteiger partial charge is 0.493 e. The number of hydrogen-bond donors (Lipinski definition) is 1. The van der Waals surface area contributed by atoms with Gasteiger partial charge in [-0.3, -0.25) is 4.79 Å². The van der Waals surface area contributed by atoms with Gasteiger partial charge in [-0.25, -0.2) is 0 Å². The van der Waals surface area contributed by atoms with Crippen LogP contribution in [0.1, 0.15) is 32.3 Å². The fraction of sp³-hybridized carbons (Fsp3) is 0.500. The highest BCUT2D eigenvalue weighted by Gasteiger charge is 2.55. The summed E-state index contributed by atoms with van der Waals surface area (Å²) in [6, 6.07) is 5.45. The molecule has 0 amide bonds. The van der Waals surface area contributed by atoms with E-state index in [1.165, 1.54) is 0 Å². The highest BCUT2D eigenvalue weighted by Crippen LogP contribution is 2.54. The second-order valence-corrected chi connectivity index (χ2v) is 4.38. The van der Waals surface area contributed by atoms with Crippen molar-refractivity contribution in [1.29, 1.82) is 0 Å². The van der Waals surface area contributed by atoms with Crippen LogP contribution in [0.2, 0.25) is 0 Å². The molecule has 4 heteroatoms. The average molecular weight is 250 g/mol. The third-order valence-electron chi connectivity index (χ3n) is 3.23. The van der Waals surface area contributed by atoms with Crippen LogP contribution in [0.4, 0.5) is 0 Å². The summed E-state index contributed by atoms with van der Waals surface area (Å²) < 4.78 is 11.1. The lowest BCUT2D eigenvalue weighted by Gasteiger charge is -2.19. The number of hydrogen-bond acceptors (Lipinski definition) is 3. The second-order valence-electron chi connectivity index (χ2n) is 4.38. The maximum atomic E-state index is 11.5. The van der Waals surface area contributed by atoms with E-state index in [4.69, 9.17) is 9.47 Å². The molecule has 98 valence electrons. The molecule has 0 aliphatic heterocycles. The molecule has 0 atom stereocenters. The summed E-state index contributed by atoms with van der Waals surface area (Å²) in [5.74, 6) is 0.460. The number of carboxylic acids is 1. The van der Waals surface area contributed by atoms with Gasteiger partial charge in [0.25, 0.3) is 0 Å². The normalized spacial score (nSPS) is 16.1. The van der Waals surface area contributed by atoms with E-state index >= 15 is 0 Å². The Kier molecular flexibility index (Phi) is 3.45. The Hall–Kier alpha value is -1.71.